The Labute approximate surface area is 159 Å². The molecule has 0 unspecified atom stereocenters. The van der Waals surface area contributed by atoms with Gasteiger partial charge in [-0.2, -0.15) is 4.98 Å². The molecule has 0 amide bonds. The van der Waals surface area contributed by atoms with E-state index in [-0.39, 0.29) is 5.88 Å². The lowest BCUT2D eigenvalue weighted by Gasteiger charge is -2.06. The van der Waals surface area contributed by atoms with Crippen LogP contribution < -0.4 is 0 Å². The fourth-order valence-electron chi connectivity index (χ4n) is 3.25. The van der Waals surface area contributed by atoms with Crippen molar-refractivity contribution in [2.45, 2.75) is 0 Å². The summed E-state index contributed by atoms with van der Waals surface area (Å²) in [5.74, 6) is 0.759. The van der Waals surface area contributed by atoms with Crippen LogP contribution in [0.2, 0.25) is 0 Å². The molecule has 5 heterocycles. The maximum atomic E-state index is 10.8. The minimum Gasteiger partial charge on any atom is -0.492 e. The molecule has 1 N–H and O–H groups in total. The Balaban J connectivity index is 1.84. The number of aromatic hydroxyl groups is 1. The Morgan fingerprint density at radius 2 is 1.93 bits per heavy atom. The van der Waals surface area contributed by atoms with Crippen LogP contribution in [0.15, 0.2) is 67.5 Å². The van der Waals surface area contributed by atoms with Crippen LogP contribution >= 0.6 is 0 Å². The SMILES string of the molecule is Cn1ccnc1-c1nc(O)c2c(-c3ccccn3)c(-c3cccnc3)cn2n1. The largest absolute Gasteiger partial charge is 0.492 e. The lowest BCUT2D eigenvalue weighted by atomic mass is 10.0. The molecule has 0 atom stereocenters. The summed E-state index contributed by atoms with van der Waals surface area (Å²) >= 11 is 0. The molecule has 5 aromatic rings. The zero-order valence-electron chi connectivity index (χ0n) is 14.9. The summed E-state index contributed by atoms with van der Waals surface area (Å²) in [7, 11) is 1.85. The smallest absolute Gasteiger partial charge is 0.240 e. The van der Waals surface area contributed by atoms with Crippen molar-refractivity contribution in [3.8, 4) is 39.9 Å². The molecule has 28 heavy (non-hydrogen) atoms. The van der Waals surface area contributed by atoms with Crippen molar-refractivity contribution < 1.29 is 5.11 Å². The van der Waals surface area contributed by atoms with E-state index < -0.39 is 0 Å². The van der Waals surface area contributed by atoms with E-state index in [0.717, 1.165) is 16.7 Å². The van der Waals surface area contributed by atoms with Crippen LogP contribution in [0.3, 0.4) is 0 Å². The standard InChI is InChI=1S/C20H15N7O/c1-26-10-9-23-19(26)18-24-20(28)17-16(15-6-2-3-8-22-15)14(12-27(17)25-18)13-5-4-7-21-11-13/h2-12H,1H3,(H,24,25,28). The molecule has 0 aliphatic carbocycles. The van der Waals surface area contributed by atoms with Gasteiger partial charge in [0.05, 0.1) is 5.69 Å². The van der Waals surface area contributed by atoms with E-state index in [1.165, 1.54) is 0 Å². The van der Waals surface area contributed by atoms with Crippen molar-refractivity contribution in [1.82, 2.24) is 34.1 Å². The Kier molecular flexibility index (Phi) is 3.61. The van der Waals surface area contributed by atoms with E-state index in [2.05, 4.69) is 25.0 Å². The average Bonchev–Trinajstić information content (AvgIpc) is 3.33. The van der Waals surface area contributed by atoms with Gasteiger partial charge in [0.1, 0.15) is 5.52 Å². The number of aromatic nitrogens is 7. The van der Waals surface area contributed by atoms with E-state index in [4.69, 9.17) is 0 Å². The fourth-order valence-corrected chi connectivity index (χ4v) is 3.25. The molecular weight excluding hydrogens is 354 g/mol. The van der Waals surface area contributed by atoms with Crippen LogP contribution in [0.5, 0.6) is 5.88 Å². The van der Waals surface area contributed by atoms with Crippen LogP contribution in [-0.2, 0) is 7.05 Å². The van der Waals surface area contributed by atoms with Crippen LogP contribution in [0.1, 0.15) is 0 Å². The predicted octanol–water partition coefficient (Wildman–Crippen LogP) is 2.96. The molecular formula is C20H15N7O. The number of hydrogen-bond acceptors (Lipinski definition) is 6. The Hall–Kier alpha value is -4.07. The highest BCUT2D eigenvalue weighted by Gasteiger charge is 2.22. The summed E-state index contributed by atoms with van der Waals surface area (Å²) in [6.07, 6.45) is 10.5. The van der Waals surface area contributed by atoms with Gasteiger partial charge in [-0.25, -0.2) is 9.50 Å². The molecule has 0 aromatic carbocycles. The summed E-state index contributed by atoms with van der Waals surface area (Å²) in [6.45, 7) is 0. The van der Waals surface area contributed by atoms with Crippen molar-refractivity contribution in [1.29, 1.82) is 0 Å². The molecule has 0 spiro atoms. The highest BCUT2D eigenvalue weighted by atomic mass is 16.3. The van der Waals surface area contributed by atoms with E-state index in [1.807, 2.05) is 43.6 Å². The quantitative estimate of drug-likeness (QED) is 0.525. The van der Waals surface area contributed by atoms with Crippen molar-refractivity contribution in [2.24, 2.45) is 7.05 Å². The van der Waals surface area contributed by atoms with Gasteiger partial charge >= 0.3 is 0 Å². The third-order valence-corrected chi connectivity index (χ3v) is 4.53. The number of pyridine rings is 2. The van der Waals surface area contributed by atoms with Crippen LogP contribution in [0, 0.1) is 0 Å². The molecule has 0 aliphatic rings. The first-order chi connectivity index (χ1) is 13.7. The maximum absolute atomic E-state index is 10.8. The lowest BCUT2D eigenvalue weighted by Crippen LogP contribution is -2.02. The third-order valence-electron chi connectivity index (χ3n) is 4.53. The van der Waals surface area contributed by atoms with Gasteiger partial charge in [-0.05, 0) is 18.2 Å². The molecule has 0 bridgehead atoms. The molecule has 0 saturated heterocycles. The van der Waals surface area contributed by atoms with Gasteiger partial charge in [0, 0.05) is 60.9 Å². The fraction of sp³-hybridized carbons (Fsp3) is 0.0500. The van der Waals surface area contributed by atoms with E-state index in [0.29, 0.717) is 22.9 Å². The Bertz CT molecular complexity index is 1280. The zero-order chi connectivity index (χ0) is 19.1. The minimum absolute atomic E-state index is 0.135. The van der Waals surface area contributed by atoms with Gasteiger partial charge in [-0.3, -0.25) is 9.97 Å². The lowest BCUT2D eigenvalue weighted by molar-refractivity contribution is 0.455. The molecule has 8 nitrogen and oxygen atoms in total. The predicted molar refractivity (Wildman–Crippen MR) is 103 cm³/mol. The van der Waals surface area contributed by atoms with Gasteiger partial charge in [0.25, 0.3) is 0 Å². The number of hydrogen-bond donors (Lipinski definition) is 1. The molecule has 0 aliphatic heterocycles. The first-order valence-corrected chi connectivity index (χ1v) is 8.64. The van der Waals surface area contributed by atoms with Gasteiger partial charge in [-0.15, -0.1) is 5.10 Å². The highest BCUT2D eigenvalue weighted by molar-refractivity contribution is 5.95. The number of aryl methyl sites for hydroxylation is 1. The summed E-state index contributed by atoms with van der Waals surface area (Å²) < 4.78 is 3.42. The number of imidazole rings is 1. The molecule has 5 rings (SSSR count). The van der Waals surface area contributed by atoms with Gasteiger partial charge in [0.2, 0.25) is 11.7 Å². The topological polar surface area (TPSA) is 94.0 Å². The van der Waals surface area contributed by atoms with Gasteiger partial charge in [-0.1, -0.05) is 12.1 Å². The van der Waals surface area contributed by atoms with Crippen molar-refractivity contribution in [3.05, 3.63) is 67.5 Å². The first-order valence-electron chi connectivity index (χ1n) is 8.64. The van der Waals surface area contributed by atoms with E-state index in [9.17, 15) is 5.11 Å². The molecule has 0 radical (unpaired) electrons. The number of rotatable bonds is 3. The number of nitrogens with zero attached hydrogens (tertiary/aromatic N) is 7. The van der Waals surface area contributed by atoms with Gasteiger partial charge in [0.15, 0.2) is 5.82 Å². The van der Waals surface area contributed by atoms with Crippen LogP contribution in [0.25, 0.3) is 39.5 Å². The molecule has 5 aromatic heterocycles. The first kappa shape index (κ1) is 16.1. The van der Waals surface area contributed by atoms with E-state index in [1.54, 1.807) is 40.1 Å². The summed E-state index contributed by atoms with van der Waals surface area (Å²) in [5, 5.41) is 15.4. The Morgan fingerprint density at radius 3 is 2.64 bits per heavy atom. The summed E-state index contributed by atoms with van der Waals surface area (Å²) in [4.78, 5) is 17.3. The normalized spacial score (nSPS) is 11.2. The minimum atomic E-state index is -0.135. The Morgan fingerprint density at radius 1 is 1.00 bits per heavy atom. The second kappa shape index (κ2) is 6.27. The summed E-state index contributed by atoms with van der Waals surface area (Å²) in [5.41, 5.74) is 3.69. The van der Waals surface area contributed by atoms with Crippen LogP contribution in [-0.4, -0.2) is 39.2 Å². The van der Waals surface area contributed by atoms with Crippen molar-refractivity contribution in [3.63, 3.8) is 0 Å². The zero-order valence-corrected chi connectivity index (χ0v) is 14.9. The van der Waals surface area contributed by atoms with E-state index >= 15 is 0 Å². The van der Waals surface area contributed by atoms with Crippen molar-refractivity contribution >= 4 is 5.52 Å². The second-order valence-electron chi connectivity index (χ2n) is 6.29. The second-order valence-corrected chi connectivity index (χ2v) is 6.29. The maximum Gasteiger partial charge on any atom is 0.240 e. The van der Waals surface area contributed by atoms with Crippen LogP contribution in [0.4, 0.5) is 0 Å². The highest BCUT2D eigenvalue weighted by Crippen LogP contribution is 2.38. The monoisotopic (exact) mass is 369 g/mol. The molecule has 0 saturated carbocycles. The van der Waals surface area contributed by atoms with Gasteiger partial charge < -0.3 is 9.67 Å². The molecule has 8 heteroatoms. The molecule has 0 fully saturated rings. The average molecular weight is 369 g/mol. The number of fused-ring (bicyclic) bond motifs is 1. The third kappa shape index (κ3) is 2.50. The van der Waals surface area contributed by atoms with Crippen molar-refractivity contribution in [2.75, 3.05) is 0 Å². The molecule has 136 valence electrons. The summed E-state index contributed by atoms with van der Waals surface area (Å²) in [6, 6.07) is 9.46.